The molecule has 0 saturated heterocycles. The molecule has 2 N–H and O–H groups in total. The number of hydrogen-bond acceptors (Lipinski definition) is 6. The molecule has 0 bridgehead atoms. The number of carbonyl (C=O) groups excluding carboxylic acids is 2. The van der Waals surface area contributed by atoms with E-state index in [-0.39, 0.29) is 19.4 Å². The molecule has 0 aromatic heterocycles. The number of amides is 2. The molecule has 4 rings (SSSR count). The van der Waals surface area contributed by atoms with Crippen LogP contribution in [0.1, 0.15) is 24.1 Å². The molecule has 0 aliphatic carbocycles. The van der Waals surface area contributed by atoms with E-state index in [1.807, 2.05) is 49.3 Å². The van der Waals surface area contributed by atoms with E-state index in [4.69, 9.17) is 14.2 Å². The molecule has 8 heteroatoms. The van der Waals surface area contributed by atoms with Crippen molar-refractivity contribution >= 4 is 17.7 Å². The van der Waals surface area contributed by atoms with Crippen LogP contribution in [0.2, 0.25) is 0 Å². The van der Waals surface area contributed by atoms with Crippen molar-refractivity contribution in [3.63, 3.8) is 0 Å². The zero-order valence-corrected chi connectivity index (χ0v) is 17.0. The Morgan fingerprint density at radius 1 is 1.13 bits per heavy atom. The Hall–Kier alpha value is -3.68. The Morgan fingerprint density at radius 3 is 2.60 bits per heavy atom. The fraction of sp³-hybridized carbons (Fsp3) is 0.273. The van der Waals surface area contributed by atoms with Crippen LogP contribution in [0.3, 0.4) is 0 Å². The van der Waals surface area contributed by atoms with Crippen LogP contribution in [0.15, 0.2) is 53.7 Å². The summed E-state index contributed by atoms with van der Waals surface area (Å²) in [7, 11) is 3.90. The lowest BCUT2D eigenvalue weighted by atomic mass is 9.95. The number of ether oxygens (including phenoxy) is 3. The summed E-state index contributed by atoms with van der Waals surface area (Å²) in [4.78, 5) is 27.0. The number of urea groups is 1. The number of benzene rings is 2. The second-order valence-electron chi connectivity index (χ2n) is 7.32. The van der Waals surface area contributed by atoms with E-state index in [1.54, 1.807) is 19.1 Å². The van der Waals surface area contributed by atoms with E-state index in [0.29, 0.717) is 22.8 Å². The van der Waals surface area contributed by atoms with Gasteiger partial charge in [0, 0.05) is 25.5 Å². The molecule has 2 amide bonds. The van der Waals surface area contributed by atoms with E-state index in [9.17, 15) is 9.59 Å². The van der Waals surface area contributed by atoms with Gasteiger partial charge in [-0.05, 0) is 42.3 Å². The maximum absolute atomic E-state index is 12.9. The summed E-state index contributed by atoms with van der Waals surface area (Å²) in [6, 6.07) is 12.1. The summed E-state index contributed by atoms with van der Waals surface area (Å²) in [5, 5.41) is 5.47. The van der Waals surface area contributed by atoms with Gasteiger partial charge >= 0.3 is 12.0 Å². The van der Waals surface area contributed by atoms with Crippen LogP contribution in [0.5, 0.6) is 11.5 Å². The molecule has 2 aromatic carbocycles. The minimum Gasteiger partial charge on any atom is -0.457 e. The van der Waals surface area contributed by atoms with E-state index >= 15 is 0 Å². The molecule has 0 radical (unpaired) electrons. The van der Waals surface area contributed by atoms with Gasteiger partial charge in [-0.3, -0.25) is 0 Å². The second-order valence-corrected chi connectivity index (χ2v) is 7.32. The van der Waals surface area contributed by atoms with Gasteiger partial charge in [-0.1, -0.05) is 18.2 Å². The van der Waals surface area contributed by atoms with Gasteiger partial charge < -0.3 is 29.7 Å². The van der Waals surface area contributed by atoms with Crippen molar-refractivity contribution in [3.05, 3.63) is 64.9 Å². The van der Waals surface area contributed by atoms with Crippen molar-refractivity contribution in [1.29, 1.82) is 0 Å². The molecular weight excluding hydrogens is 386 g/mol. The first-order chi connectivity index (χ1) is 14.4. The van der Waals surface area contributed by atoms with Gasteiger partial charge in [-0.2, -0.15) is 0 Å². The molecular formula is C22H23N3O5. The highest BCUT2D eigenvalue weighted by Gasteiger charge is 2.32. The molecule has 8 nitrogen and oxygen atoms in total. The number of esters is 1. The molecule has 0 fully saturated rings. The number of carbonyl (C=O) groups is 2. The Labute approximate surface area is 174 Å². The molecule has 2 heterocycles. The molecule has 1 atom stereocenters. The Balaban J connectivity index is 1.53. The maximum atomic E-state index is 12.9. The van der Waals surface area contributed by atoms with Crippen LogP contribution in [0.4, 0.5) is 10.5 Å². The van der Waals surface area contributed by atoms with Crippen molar-refractivity contribution in [1.82, 2.24) is 10.6 Å². The van der Waals surface area contributed by atoms with Crippen molar-refractivity contribution in [2.45, 2.75) is 19.6 Å². The third-order valence-corrected chi connectivity index (χ3v) is 5.04. The number of allylic oxidation sites excluding steroid dienone is 1. The smallest absolute Gasteiger partial charge is 0.338 e. The molecule has 0 spiro atoms. The van der Waals surface area contributed by atoms with Crippen molar-refractivity contribution < 1.29 is 23.8 Å². The summed E-state index contributed by atoms with van der Waals surface area (Å²) >= 11 is 0. The topological polar surface area (TPSA) is 89.1 Å². The first kappa shape index (κ1) is 19.6. The average molecular weight is 409 g/mol. The fourth-order valence-electron chi connectivity index (χ4n) is 3.44. The van der Waals surface area contributed by atoms with Gasteiger partial charge in [-0.15, -0.1) is 0 Å². The van der Waals surface area contributed by atoms with E-state index in [2.05, 4.69) is 10.6 Å². The van der Waals surface area contributed by atoms with Crippen LogP contribution >= 0.6 is 0 Å². The summed E-state index contributed by atoms with van der Waals surface area (Å²) in [5.41, 5.74) is 3.44. The van der Waals surface area contributed by atoms with Gasteiger partial charge in [0.2, 0.25) is 6.79 Å². The van der Waals surface area contributed by atoms with Crippen LogP contribution in [-0.2, 0) is 16.1 Å². The number of fused-ring (bicyclic) bond motifs is 1. The lowest BCUT2D eigenvalue weighted by Gasteiger charge is -2.28. The lowest BCUT2D eigenvalue weighted by Crippen LogP contribution is -2.45. The number of rotatable bonds is 5. The standard InChI is InChI=1S/C22H23N3O5/c1-13-19(21(26)28-11-14-4-9-17-18(10-14)30-12-29-17)20(24-22(27)23-13)15-5-7-16(8-6-15)25(2)3/h4-10,20H,11-12H2,1-3H3,(H2,23,24,27)/t20-/m0/s1. The first-order valence-electron chi connectivity index (χ1n) is 9.53. The summed E-state index contributed by atoms with van der Waals surface area (Å²) < 4.78 is 16.2. The SMILES string of the molecule is CC1=C(C(=O)OCc2ccc3c(c2)OCO3)[C@H](c2ccc(N(C)C)cc2)NC(=O)N1. The largest absolute Gasteiger partial charge is 0.457 e. The minimum atomic E-state index is -0.598. The average Bonchev–Trinajstić information content (AvgIpc) is 3.19. The molecule has 2 aliphatic heterocycles. The third kappa shape index (κ3) is 3.89. The molecule has 0 unspecified atom stereocenters. The molecule has 2 aromatic rings. The second kappa shape index (κ2) is 7.98. The summed E-state index contributed by atoms with van der Waals surface area (Å²) in [6.45, 7) is 1.95. The van der Waals surface area contributed by atoms with E-state index in [0.717, 1.165) is 16.8 Å². The quantitative estimate of drug-likeness (QED) is 0.739. The molecule has 2 aliphatic rings. The van der Waals surface area contributed by atoms with Gasteiger partial charge in [0.1, 0.15) is 6.61 Å². The zero-order valence-electron chi connectivity index (χ0n) is 17.0. The number of hydrogen-bond donors (Lipinski definition) is 2. The number of nitrogens with zero attached hydrogens (tertiary/aromatic N) is 1. The predicted molar refractivity (Wildman–Crippen MR) is 110 cm³/mol. The molecule has 30 heavy (non-hydrogen) atoms. The summed E-state index contributed by atoms with van der Waals surface area (Å²) in [6.07, 6.45) is 0. The van der Waals surface area contributed by atoms with Gasteiger partial charge in [-0.25, -0.2) is 9.59 Å². The lowest BCUT2D eigenvalue weighted by molar-refractivity contribution is -0.140. The highest BCUT2D eigenvalue weighted by Crippen LogP contribution is 2.33. The predicted octanol–water partition coefficient (Wildman–Crippen LogP) is 2.85. The summed E-state index contributed by atoms with van der Waals surface area (Å²) in [5.74, 6) is 0.799. The Morgan fingerprint density at radius 2 is 1.87 bits per heavy atom. The first-order valence-corrected chi connectivity index (χ1v) is 9.53. The normalized spacial score (nSPS) is 17.3. The van der Waals surface area contributed by atoms with Crippen LogP contribution in [0.25, 0.3) is 0 Å². The highest BCUT2D eigenvalue weighted by molar-refractivity contribution is 5.95. The van der Waals surface area contributed by atoms with Gasteiger partial charge in [0.05, 0.1) is 11.6 Å². The van der Waals surface area contributed by atoms with Crippen molar-refractivity contribution in [2.75, 3.05) is 25.8 Å². The Bertz CT molecular complexity index is 1010. The molecule has 156 valence electrons. The van der Waals surface area contributed by atoms with Crippen LogP contribution < -0.4 is 25.0 Å². The Kier molecular flexibility index (Phi) is 5.22. The van der Waals surface area contributed by atoms with E-state index < -0.39 is 12.0 Å². The van der Waals surface area contributed by atoms with Crippen LogP contribution in [-0.4, -0.2) is 32.9 Å². The van der Waals surface area contributed by atoms with Crippen molar-refractivity contribution in [2.24, 2.45) is 0 Å². The zero-order chi connectivity index (χ0) is 21.3. The monoisotopic (exact) mass is 409 g/mol. The maximum Gasteiger partial charge on any atom is 0.338 e. The highest BCUT2D eigenvalue weighted by atomic mass is 16.7. The number of anilines is 1. The minimum absolute atomic E-state index is 0.0759. The van der Waals surface area contributed by atoms with Gasteiger partial charge in [0.15, 0.2) is 11.5 Å². The fourth-order valence-corrected chi connectivity index (χ4v) is 3.44. The van der Waals surface area contributed by atoms with Gasteiger partial charge in [0.25, 0.3) is 0 Å². The van der Waals surface area contributed by atoms with E-state index in [1.165, 1.54) is 0 Å². The number of nitrogens with one attached hydrogen (secondary N) is 2. The van der Waals surface area contributed by atoms with Crippen molar-refractivity contribution in [3.8, 4) is 11.5 Å². The molecule has 0 saturated carbocycles. The third-order valence-electron chi connectivity index (χ3n) is 5.04. The van der Waals surface area contributed by atoms with Crippen LogP contribution in [0, 0.1) is 0 Å².